The maximum absolute atomic E-state index is 12.4. The van der Waals surface area contributed by atoms with Crippen LogP contribution in [0.4, 0.5) is 11.4 Å². The molecule has 0 aliphatic carbocycles. The molecule has 0 aliphatic heterocycles. The van der Waals surface area contributed by atoms with Crippen molar-refractivity contribution in [2.75, 3.05) is 5.32 Å². The summed E-state index contributed by atoms with van der Waals surface area (Å²) in [6.07, 6.45) is 4.11. The number of thioether (sulfide) groups is 1. The molecular formula is C18H18N4O4S. The van der Waals surface area contributed by atoms with Crippen molar-refractivity contribution < 1.29 is 14.1 Å². The zero-order valence-corrected chi connectivity index (χ0v) is 15.7. The fourth-order valence-electron chi connectivity index (χ4n) is 2.51. The van der Waals surface area contributed by atoms with E-state index in [9.17, 15) is 14.9 Å². The number of imidazole rings is 1. The minimum atomic E-state index is -0.457. The molecule has 0 unspecified atom stereocenters. The average molecular weight is 386 g/mol. The van der Waals surface area contributed by atoms with Crippen LogP contribution in [0.2, 0.25) is 0 Å². The van der Waals surface area contributed by atoms with Crippen LogP contribution < -0.4 is 5.32 Å². The zero-order chi connectivity index (χ0) is 19.4. The number of furan rings is 1. The van der Waals surface area contributed by atoms with Crippen LogP contribution >= 0.6 is 11.8 Å². The Balaban J connectivity index is 1.66. The Morgan fingerprint density at radius 2 is 2.19 bits per heavy atom. The van der Waals surface area contributed by atoms with E-state index in [0.717, 1.165) is 5.16 Å². The van der Waals surface area contributed by atoms with Gasteiger partial charge in [-0.2, -0.15) is 0 Å². The maximum atomic E-state index is 12.4. The normalized spacial score (nSPS) is 10.7. The zero-order valence-electron chi connectivity index (χ0n) is 14.8. The minimum Gasteiger partial charge on any atom is -0.455 e. The van der Waals surface area contributed by atoms with Crippen LogP contribution in [0.1, 0.15) is 28.8 Å². The van der Waals surface area contributed by atoms with Crippen LogP contribution in [0.5, 0.6) is 0 Å². The lowest BCUT2D eigenvalue weighted by molar-refractivity contribution is -0.385. The molecule has 140 valence electrons. The van der Waals surface area contributed by atoms with Gasteiger partial charge in [-0.05, 0) is 24.6 Å². The van der Waals surface area contributed by atoms with Gasteiger partial charge in [0.1, 0.15) is 5.76 Å². The van der Waals surface area contributed by atoms with Crippen molar-refractivity contribution in [1.82, 2.24) is 9.55 Å². The summed E-state index contributed by atoms with van der Waals surface area (Å²) in [6, 6.07) is 7.96. The van der Waals surface area contributed by atoms with E-state index in [1.807, 2.05) is 24.7 Å². The summed E-state index contributed by atoms with van der Waals surface area (Å²) in [5.74, 6) is 0.865. The van der Waals surface area contributed by atoms with E-state index in [4.69, 9.17) is 4.42 Å². The number of anilines is 1. The smallest absolute Gasteiger partial charge is 0.291 e. The summed E-state index contributed by atoms with van der Waals surface area (Å²) in [6.45, 7) is 1.84. The Hall–Kier alpha value is -3.07. The molecule has 2 aromatic heterocycles. The quantitative estimate of drug-likeness (QED) is 0.374. The third kappa shape index (κ3) is 4.37. The Bertz CT molecular complexity index is 979. The number of aryl methyl sites for hydroxylation is 2. The third-order valence-electron chi connectivity index (χ3n) is 3.93. The largest absolute Gasteiger partial charge is 0.455 e. The topological polar surface area (TPSA) is 103 Å². The van der Waals surface area contributed by atoms with Crippen molar-refractivity contribution in [2.45, 2.75) is 24.3 Å². The van der Waals surface area contributed by atoms with E-state index in [1.165, 1.54) is 17.8 Å². The highest BCUT2D eigenvalue weighted by Crippen LogP contribution is 2.25. The second-order valence-electron chi connectivity index (χ2n) is 5.78. The van der Waals surface area contributed by atoms with Gasteiger partial charge in [0, 0.05) is 36.8 Å². The molecule has 27 heavy (non-hydrogen) atoms. The number of benzene rings is 1. The summed E-state index contributed by atoms with van der Waals surface area (Å²) in [7, 11) is 1.90. The molecule has 0 atom stereocenters. The molecule has 1 N–H and O–H groups in total. The number of nitro groups is 1. The number of carbonyl (C=O) groups excluding carboxylic acids is 1. The Labute approximate surface area is 159 Å². The number of rotatable bonds is 7. The molecule has 0 spiro atoms. The summed E-state index contributed by atoms with van der Waals surface area (Å²) in [5, 5.41) is 14.6. The standard InChI is InChI=1S/C18H18N4O4S/c1-3-12-4-5-13(10-15(12)22(24)25)20-17(23)16-7-6-14(26-16)11-27-18-19-8-9-21(18)2/h4-10H,3,11H2,1-2H3,(H,20,23). The van der Waals surface area contributed by atoms with Gasteiger partial charge >= 0.3 is 0 Å². The van der Waals surface area contributed by atoms with Gasteiger partial charge in [0.2, 0.25) is 0 Å². The van der Waals surface area contributed by atoms with Crippen molar-refractivity contribution in [2.24, 2.45) is 7.05 Å². The van der Waals surface area contributed by atoms with Crippen molar-refractivity contribution in [3.63, 3.8) is 0 Å². The SMILES string of the molecule is CCc1ccc(NC(=O)c2ccc(CSc3nccn3C)o2)cc1[N+](=O)[O-]. The van der Waals surface area contributed by atoms with Crippen molar-refractivity contribution in [3.05, 3.63) is 69.9 Å². The van der Waals surface area contributed by atoms with Gasteiger partial charge in [-0.15, -0.1) is 0 Å². The van der Waals surface area contributed by atoms with Gasteiger partial charge in [-0.1, -0.05) is 24.8 Å². The fourth-order valence-corrected chi connectivity index (χ4v) is 3.33. The molecule has 0 aliphatic rings. The molecular weight excluding hydrogens is 368 g/mol. The molecule has 0 saturated heterocycles. The number of hydrogen-bond donors (Lipinski definition) is 1. The second-order valence-corrected chi connectivity index (χ2v) is 6.73. The molecule has 2 heterocycles. The van der Waals surface area contributed by atoms with Crippen molar-refractivity contribution in [1.29, 1.82) is 0 Å². The van der Waals surface area contributed by atoms with Crippen LogP contribution in [-0.2, 0) is 19.2 Å². The Morgan fingerprint density at radius 3 is 2.85 bits per heavy atom. The predicted octanol–water partition coefficient (Wildman–Crippen LogP) is 4.03. The molecule has 8 nitrogen and oxygen atoms in total. The predicted molar refractivity (Wildman–Crippen MR) is 102 cm³/mol. The lowest BCUT2D eigenvalue weighted by Crippen LogP contribution is -2.11. The molecule has 0 bridgehead atoms. The van der Waals surface area contributed by atoms with Gasteiger partial charge in [-0.25, -0.2) is 4.98 Å². The van der Waals surface area contributed by atoms with Gasteiger partial charge in [-0.3, -0.25) is 14.9 Å². The Morgan fingerprint density at radius 1 is 1.37 bits per heavy atom. The van der Waals surface area contributed by atoms with Gasteiger partial charge in [0.15, 0.2) is 10.9 Å². The highest BCUT2D eigenvalue weighted by molar-refractivity contribution is 7.98. The lowest BCUT2D eigenvalue weighted by atomic mass is 10.1. The number of amides is 1. The number of aromatic nitrogens is 2. The highest BCUT2D eigenvalue weighted by atomic mass is 32.2. The first-order chi connectivity index (χ1) is 13.0. The summed E-state index contributed by atoms with van der Waals surface area (Å²) in [4.78, 5) is 27.3. The molecule has 0 radical (unpaired) electrons. The maximum Gasteiger partial charge on any atom is 0.291 e. The summed E-state index contributed by atoms with van der Waals surface area (Å²) in [5.41, 5.74) is 0.954. The van der Waals surface area contributed by atoms with Gasteiger partial charge < -0.3 is 14.3 Å². The van der Waals surface area contributed by atoms with E-state index in [0.29, 0.717) is 29.2 Å². The minimum absolute atomic E-state index is 0.0121. The van der Waals surface area contributed by atoms with Crippen LogP contribution in [0.25, 0.3) is 0 Å². The van der Waals surface area contributed by atoms with Crippen molar-refractivity contribution in [3.8, 4) is 0 Å². The number of nitrogens with one attached hydrogen (secondary N) is 1. The second kappa shape index (κ2) is 8.09. The first kappa shape index (κ1) is 18.7. The molecule has 0 fully saturated rings. The average Bonchev–Trinajstić information content (AvgIpc) is 3.28. The lowest BCUT2D eigenvalue weighted by Gasteiger charge is -2.05. The third-order valence-corrected chi connectivity index (χ3v) is 5.01. The first-order valence-electron chi connectivity index (χ1n) is 8.25. The monoisotopic (exact) mass is 386 g/mol. The van der Waals surface area contributed by atoms with Crippen LogP contribution in [0.15, 0.2) is 52.3 Å². The number of hydrogen-bond acceptors (Lipinski definition) is 6. The molecule has 3 aromatic rings. The molecule has 1 aromatic carbocycles. The fraction of sp³-hybridized carbons (Fsp3) is 0.222. The highest BCUT2D eigenvalue weighted by Gasteiger charge is 2.16. The molecule has 1 amide bonds. The van der Waals surface area contributed by atoms with Crippen LogP contribution in [0.3, 0.4) is 0 Å². The van der Waals surface area contributed by atoms with Gasteiger partial charge in [0.05, 0.1) is 10.7 Å². The van der Waals surface area contributed by atoms with E-state index in [1.54, 1.807) is 30.5 Å². The number of carbonyl (C=O) groups is 1. The van der Waals surface area contributed by atoms with E-state index < -0.39 is 10.8 Å². The van der Waals surface area contributed by atoms with Crippen LogP contribution in [-0.4, -0.2) is 20.4 Å². The molecule has 3 rings (SSSR count). The molecule has 9 heteroatoms. The first-order valence-corrected chi connectivity index (χ1v) is 9.24. The number of nitrogens with zero attached hydrogens (tertiary/aromatic N) is 3. The van der Waals surface area contributed by atoms with E-state index >= 15 is 0 Å². The Kier molecular flexibility index (Phi) is 5.60. The van der Waals surface area contributed by atoms with Gasteiger partial charge in [0.25, 0.3) is 11.6 Å². The number of nitro benzene ring substituents is 1. The summed E-state index contributed by atoms with van der Waals surface area (Å²) < 4.78 is 7.47. The van der Waals surface area contributed by atoms with E-state index in [2.05, 4.69) is 10.3 Å². The van der Waals surface area contributed by atoms with E-state index in [-0.39, 0.29) is 11.4 Å². The van der Waals surface area contributed by atoms with Crippen molar-refractivity contribution >= 4 is 29.0 Å². The summed E-state index contributed by atoms with van der Waals surface area (Å²) >= 11 is 1.50. The van der Waals surface area contributed by atoms with Crippen LogP contribution in [0, 0.1) is 10.1 Å². The molecule has 0 saturated carbocycles.